The summed E-state index contributed by atoms with van der Waals surface area (Å²) in [5.74, 6) is 0.637. The highest BCUT2D eigenvalue weighted by Gasteiger charge is 2.37. The second-order valence-corrected chi connectivity index (χ2v) is 7.44. The van der Waals surface area contributed by atoms with Crippen molar-refractivity contribution in [3.05, 3.63) is 12.5 Å². The minimum absolute atomic E-state index is 0.0748. The Balaban J connectivity index is 2.17. The van der Waals surface area contributed by atoms with Crippen LogP contribution in [0.25, 0.3) is 0 Å². The Morgan fingerprint density at radius 3 is 2.65 bits per heavy atom. The molecule has 1 saturated carbocycles. The van der Waals surface area contributed by atoms with E-state index in [9.17, 15) is 8.42 Å². The zero-order valence-electron chi connectivity index (χ0n) is 12.2. The highest BCUT2D eigenvalue weighted by molar-refractivity contribution is 7.89. The van der Waals surface area contributed by atoms with Crippen LogP contribution in [-0.2, 0) is 16.6 Å². The average molecular weight is 300 g/mol. The minimum atomic E-state index is -3.60. The summed E-state index contributed by atoms with van der Waals surface area (Å²) in [6, 6.07) is 0. The number of hydrogen-bond acceptors (Lipinski definition) is 4. The topological polar surface area (TPSA) is 90.0 Å². The molecule has 0 radical (unpaired) electrons. The van der Waals surface area contributed by atoms with Gasteiger partial charge >= 0.3 is 0 Å². The highest BCUT2D eigenvalue weighted by atomic mass is 32.2. The molecule has 0 aliphatic heterocycles. The van der Waals surface area contributed by atoms with Crippen LogP contribution in [0.3, 0.4) is 0 Å². The molecule has 20 heavy (non-hydrogen) atoms. The van der Waals surface area contributed by atoms with E-state index < -0.39 is 15.6 Å². The van der Waals surface area contributed by atoms with Crippen molar-refractivity contribution in [1.82, 2.24) is 14.3 Å². The van der Waals surface area contributed by atoms with Crippen LogP contribution in [0.4, 0.5) is 0 Å². The van der Waals surface area contributed by atoms with Crippen molar-refractivity contribution in [1.29, 1.82) is 0 Å². The molecule has 7 heteroatoms. The molecule has 3 N–H and O–H groups in total. The maximum Gasteiger partial charge on any atom is 0.260 e. The van der Waals surface area contributed by atoms with E-state index in [2.05, 4.69) is 16.6 Å². The summed E-state index contributed by atoms with van der Waals surface area (Å²) in [6.07, 6.45) is 6.67. The molecule has 1 fully saturated rings. The average Bonchev–Trinajstić information content (AvgIpc) is 2.91. The van der Waals surface area contributed by atoms with Gasteiger partial charge in [-0.2, -0.15) is 0 Å². The van der Waals surface area contributed by atoms with Crippen molar-refractivity contribution in [2.24, 2.45) is 11.7 Å². The molecule has 6 nitrogen and oxygen atoms in total. The molecule has 1 heterocycles. The lowest BCUT2D eigenvalue weighted by molar-refractivity contribution is 0.231. The fourth-order valence-electron chi connectivity index (χ4n) is 2.65. The van der Waals surface area contributed by atoms with Crippen LogP contribution in [0, 0.1) is 5.92 Å². The maximum atomic E-state index is 12.4. The second-order valence-electron chi connectivity index (χ2n) is 5.81. The zero-order chi connectivity index (χ0) is 14.8. The third kappa shape index (κ3) is 3.21. The second kappa shape index (κ2) is 5.83. The van der Waals surface area contributed by atoms with Gasteiger partial charge in [-0.25, -0.2) is 18.1 Å². The smallest absolute Gasteiger partial charge is 0.260 e. The molecule has 0 spiro atoms. The first-order valence-corrected chi connectivity index (χ1v) is 8.65. The normalized spacial score (nSPS) is 27.6. The van der Waals surface area contributed by atoms with Gasteiger partial charge in [-0.3, -0.25) is 0 Å². The molecule has 2 rings (SSSR count). The molecule has 0 unspecified atom stereocenters. The SMILES string of the molecule is CCn1cnc(S(=O)(=O)NC2(CN)CCC(C)CC2)c1. The van der Waals surface area contributed by atoms with Crippen LogP contribution in [0.1, 0.15) is 39.5 Å². The van der Waals surface area contributed by atoms with Crippen molar-refractivity contribution in [3.8, 4) is 0 Å². The number of aromatic nitrogens is 2. The van der Waals surface area contributed by atoms with E-state index in [1.54, 1.807) is 10.8 Å². The van der Waals surface area contributed by atoms with Crippen molar-refractivity contribution < 1.29 is 8.42 Å². The van der Waals surface area contributed by atoms with Crippen molar-refractivity contribution >= 4 is 10.0 Å². The minimum Gasteiger partial charge on any atom is -0.336 e. The van der Waals surface area contributed by atoms with Crippen molar-refractivity contribution in [2.45, 2.75) is 56.6 Å². The molecule has 1 aromatic heterocycles. The van der Waals surface area contributed by atoms with E-state index in [1.165, 1.54) is 6.33 Å². The number of hydrogen-bond donors (Lipinski definition) is 2. The predicted molar refractivity (Wildman–Crippen MR) is 77.6 cm³/mol. The maximum absolute atomic E-state index is 12.4. The lowest BCUT2D eigenvalue weighted by Gasteiger charge is -2.38. The van der Waals surface area contributed by atoms with Gasteiger partial charge in [0.1, 0.15) is 0 Å². The quantitative estimate of drug-likeness (QED) is 0.851. The lowest BCUT2D eigenvalue weighted by atomic mass is 9.78. The van der Waals surface area contributed by atoms with E-state index in [-0.39, 0.29) is 5.03 Å². The number of nitrogens with zero attached hydrogens (tertiary/aromatic N) is 2. The van der Waals surface area contributed by atoms with Crippen molar-refractivity contribution in [3.63, 3.8) is 0 Å². The van der Waals surface area contributed by atoms with E-state index in [0.717, 1.165) is 25.7 Å². The molecular weight excluding hydrogens is 276 g/mol. The Kier molecular flexibility index (Phi) is 4.51. The van der Waals surface area contributed by atoms with Gasteiger partial charge < -0.3 is 10.3 Å². The Hall–Kier alpha value is -0.920. The third-order valence-electron chi connectivity index (χ3n) is 4.22. The van der Waals surface area contributed by atoms with Gasteiger partial charge in [0.05, 0.1) is 6.33 Å². The molecule has 0 amide bonds. The molecule has 114 valence electrons. The largest absolute Gasteiger partial charge is 0.336 e. The van der Waals surface area contributed by atoms with Crippen LogP contribution in [0.15, 0.2) is 17.6 Å². The van der Waals surface area contributed by atoms with Gasteiger partial charge in [0.2, 0.25) is 0 Å². The summed E-state index contributed by atoms with van der Waals surface area (Å²) in [7, 11) is -3.60. The van der Waals surface area contributed by atoms with Gasteiger partial charge in [0.15, 0.2) is 5.03 Å². The molecule has 0 bridgehead atoms. The highest BCUT2D eigenvalue weighted by Crippen LogP contribution is 2.32. The summed E-state index contributed by atoms with van der Waals surface area (Å²) in [5.41, 5.74) is 5.34. The Morgan fingerprint density at radius 2 is 2.15 bits per heavy atom. The number of sulfonamides is 1. The summed E-state index contributed by atoms with van der Waals surface area (Å²) in [4.78, 5) is 3.98. The first-order chi connectivity index (χ1) is 9.41. The molecule has 0 aromatic carbocycles. The van der Waals surface area contributed by atoms with Crippen LogP contribution in [0.5, 0.6) is 0 Å². The van der Waals surface area contributed by atoms with Crippen molar-refractivity contribution in [2.75, 3.05) is 6.54 Å². The van der Waals surface area contributed by atoms with Crippen LogP contribution in [0.2, 0.25) is 0 Å². The summed E-state index contributed by atoms with van der Waals surface area (Å²) in [6.45, 7) is 5.16. The van der Waals surface area contributed by atoms with Crippen LogP contribution < -0.4 is 10.5 Å². The number of aryl methyl sites for hydroxylation is 1. The standard InChI is InChI=1S/C13H24N4O2S/c1-3-17-8-12(15-10-17)20(18,19)16-13(9-14)6-4-11(2)5-7-13/h8,10-11,16H,3-7,9,14H2,1-2H3. The van der Waals surface area contributed by atoms with E-state index in [0.29, 0.717) is 19.0 Å². The van der Waals surface area contributed by atoms with E-state index >= 15 is 0 Å². The van der Waals surface area contributed by atoms with Gasteiger partial charge in [-0.15, -0.1) is 0 Å². The molecule has 1 aliphatic carbocycles. The summed E-state index contributed by atoms with van der Waals surface area (Å²) >= 11 is 0. The zero-order valence-corrected chi connectivity index (χ0v) is 13.0. The molecular formula is C13H24N4O2S. The first-order valence-electron chi connectivity index (χ1n) is 7.16. The monoisotopic (exact) mass is 300 g/mol. The predicted octanol–water partition coefficient (Wildman–Crippen LogP) is 1.09. The van der Waals surface area contributed by atoms with Gasteiger partial charge in [-0.1, -0.05) is 6.92 Å². The van der Waals surface area contributed by atoms with E-state index in [1.807, 2.05) is 6.92 Å². The Morgan fingerprint density at radius 1 is 1.50 bits per heavy atom. The Bertz CT molecular complexity index is 544. The van der Waals surface area contributed by atoms with Gasteiger partial charge in [0, 0.05) is 24.8 Å². The number of nitrogens with two attached hydrogens (primary N) is 1. The third-order valence-corrected chi connectivity index (χ3v) is 5.69. The summed E-state index contributed by atoms with van der Waals surface area (Å²) < 4.78 is 29.4. The number of imidazole rings is 1. The number of nitrogens with one attached hydrogen (secondary N) is 1. The molecule has 1 aromatic rings. The molecule has 0 saturated heterocycles. The van der Waals surface area contributed by atoms with Crippen LogP contribution in [-0.4, -0.2) is 30.1 Å². The fourth-order valence-corrected chi connectivity index (χ4v) is 4.07. The van der Waals surface area contributed by atoms with Gasteiger partial charge in [-0.05, 0) is 38.5 Å². The van der Waals surface area contributed by atoms with Crippen LogP contribution >= 0.6 is 0 Å². The van der Waals surface area contributed by atoms with Gasteiger partial charge in [0.25, 0.3) is 10.0 Å². The lowest BCUT2D eigenvalue weighted by Crippen LogP contribution is -2.55. The Labute approximate surface area is 120 Å². The summed E-state index contributed by atoms with van der Waals surface area (Å²) in [5, 5.41) is 0.0748. The first kappa shape index (κ1) is 15.5. The fraction of sp³-hybridized carbons (Fsp3) is 0.769. The van der Waals surface area contributed by atoms with E-state index in [4.69, 9.17) is 5.73 Å². The molecule has 0 atom stereocenters. The number of rotatable bonds is 5. The molecule has 1 aliphatic rings.